The molecule has 2 amide bonds. The van der Waals surface area contributed by atoms with Crippen molar-refractivity contribution < 1.29 is 4.79 Å². The van der Waals surface area contributed by atoms with Gasteiger partial charge in [0.15, 0.2) is 5.13 Å². The third-order valence-corrected chi connectivity index (χ3v) is 8.17. The number of nitriles is 1. The minimum Gasteiger partial charge on any atom is -0.323 e. The molecule has 3 saturated heterocycles. The van der Waals surface area contributed by atoms with Crippen molar-refractivity contribution in [3.8, 4) is 17.3 Å². The lowest BCUT2D eigenvalue weighted by atomic mass is 9.94. The second kappa shape index (κ2) is 9.32. The van der Waals surface area contributed by atoms with Crippen LogP contribution in [0.3, 0.4) is 0 Å². The summed E-state index contributed by atoms with van der Waals surface area (Å²) in [5.74, 6) is 0.673. The third kappa shape index (κ3) is 4.63. The molecule has 2 bridgehead atoms. The fourth-order valence-corrected chi connectivity index (χ4v) is 6.50. The Balaban J connectivity index is 1.45. The van der Waals surface area contributed by atoms with Gasteiger partial charge in [-0.3, -0.25) is 10.3 Å². The standard InChI is InChI=1S/C26H30N6OS/c1-16-9-21(10-17(2)28-16)24-23(20-6-4-5-18(11-20)12-27)29-25(34-24)30-26(33)32-14-19-7-8-22(15-32)31(3)13-19/h4-6,9,11,19,21-22H,7-8,10,13-15H2,1-3H3,(H,29,30,33)/t19-,21?,22-/m0/s1. The number of nitrogens with zero attached hydrogens (tertiary/aromatic N) is 5. The first-order chi connectivity index (χ1) is 16.4. The number of piperidine rings is 1. The van der Waals surface area contributed by atoms with E-state index >= 15 is 0 Å². The maximum absolute atomic E-state index is 13.3. The predicted octanol–water partition coefficient (Wildman–Crippen LogP) is 5.09. The molecule has 7 nitrogen and oxygen atoms in total. The second-order valence-corrected chi connectivity index (χ2v) is 10.8. The van der Waals surface area contributed by atoms with E-state index in [0.717, 1.165) is 60.0 Å². The van der Waals surface area contributed by atoms with Crippen LogP contribution in [0.1, 0.15) is 49.5 Å². The van der Waals surface area contributed by atoms with E-state index in [4.69, 9.17) is 4.98 Å². The molecule has 3 fully saturated rings. The molecule has 4 aliphatic rings. The number of rotatable bonds is 3. The van der Waals surface area contributed by atoms with Gasteiger partial charge in [-0.1, -0.05) is 18.2 Å². The van der Waals surface area contributed by atoms with Crippen LogP contribution < -0.4 is 5.32 Å². The Hall–Kier alpha value is -3.02. The van der Waals surface area contributed by atoms with Crippen LogP contribution >= 0.6 is 11.3 Å². The van der Waals surface area contributed by atoms with E-state index in [0.29, 0.717) is 22.7 Å². The molecule has 6 rings (SSSR count). The van der Waals surface area contributed by atoms with Crippen LogP contribution in [0.2, 0.25) is 0 Å². The summed E-state index contributed by atoms with van der Waals surface area (Å²) in [6, 6.07) is 10.1. The highest BCUT2D eigenvalue weighted by Crippen LogP contribution is 2.41. The Morgan fingerprint density at radius 3 is 2.85 bits per heavy atom. The second-order valence-electron chi connectivity index (χ2n) is 9.76. The van der Waals surface area contributed by atoms with Crippen LogP contribution in [0.15, 0.2) is 41.0 Å². The first-order valence-corrected chi connectivity index (χ1v) is 12.7. The molecular weight excluding hydrogens is 444 g/mol. The van der Waals surface area contributed by atoms with Gasteiger partial charge in [0.2, 0.25) is 0 Å². The van der Waals surface area contributed by atoms with E-state index in [2.05, 4.69) is 34.4 Å². The van der Waals surface area contributed by atoms with Crippen LogP contribution in [0.25, 0.3) is 11.3 Å². The maximum atomic E-state index is 13.3. The number of aliphatic imine (C=N–C) groups is 1. The number of allylic oxidation sites excluding steroid dienone is 2. The van der Waals surface area contributed by atoms with Crippen molar-refractivity contribution in [3.63, 3.8) is 0 Å². The molecule has 0 aliphatic carbocycles. The van der Waals surface area contributed by atoms with Gasteiger partial charge in [0.25, 0.3) is 0 Å². The van der Waals surface area contributed by atoms with Crippen LogP contribution in [0.5, 0.6) is 0 Å². The fourth-order valence-electron chi connectivity index (χ4n) is 5.45. The Kier molecular flexibility index (Phi) is 6.24. The molecule has 1 N–H and O–H groups in total. The topological polar surface area (TPSA) is 84.6 Å². The quantitative estimate of drug-likeness (QED) is 0.671. The summed E-state index contributed by atoms with van der Waals surface area (Å²) in [7, 11) is 2.16. The molecule has 3 atom stereocenters. The average molecular weight is 475 g/mol. The van der Waals surface area contributed by atoms with E-state index < -0.39 is 0 Å². The largest absolute Gasteiger partial charge is 0.323 e. The highest BCUT2D eigenvalue weighted by atomic mass is 32.1. The number of fused-ring (bicyclic) bond motifs is 4. The summed E-state index contributed by atoms with van der Waals surface area (Å²) in [6.45, 7) is 6.67. The van der Waals surface area contributed by atoms with Gasteiger partial charge in [-0.25, -0.2) is 9.78 Å². The number of likely N-dealkylation sites (N-methyl/N-ethyl adjacent to an activating group) is 1. The minimum atomic E-state index is -0.0714. The summed E-state index contributed by atoms with van der Waals surface area (Å²) in [5.41, 5.74) is 4.40. The Morgan fingerprint density at radius 1 is 1.24 bits per heavy atom. The molecule has 1 unspecified atom stereocenters. The van der Waals surface area contributed by atoms with Crippen LogP contribution in [0.4, 0.5) is 9.93 Å². The molecule has 0 saturated carbocycles. The summed E-state index contributed by atoms with van der Waals surface area (Å²) in [6.07, 6.45) is 5.33. The minimum absolute atomic E-state index is 0.0714. The molecule has 176 valence electrons. The lowest BCUT2D eigenvalue weighted by Gasteiger charge is -2.32. The zero-order chi connectivity index (χ0) is 23.8. The summed E-state index contributed by atoms with van der Waals surface area (Å²) in [5, 5.41) is 13.1. The number of aromatic nitrogens is 1. The molecule has 2 aromatic rings. The normalized spacial score (nSPS) is 24.8. The summed E-state index contributed by atoms with van der Waals surface area (Å²) >= 11 is 1.53. The predicted molar refractivity (Wildman–Crippen MR) is 136 cm³/mol. The van der Waals surface area contributed by atoms with Crippen LogP contribution in [-0.2, 0) is 0 Å². The highest BCUT2D eigenvalue weighted by Gasteiger charge is 2.35. The van der Waals surface area contributed by atoms with Crippen molar-refractivity contribution in [2.75, 3.05) is 32.0 Å². The van der Waals surface area contributed by atoms with E-state index in [1.807, 2.05) is 36.9 Å². The highest BCUT2D eigenvalue weighted by molar-refractivity contribution is 7.16. The van der Waals surface area contributed by atoms with Gasteiger partial charge in [0.05, 0.1) is 17.3 Å². The van der Waals surface area contributed by atoms with Gasteiger partial charge in [-0.15, -0.1) is 11.3 Å². The monoisotopic (exact) mass is 474 g/mol. The van der Waals surface area contributed by atoms with Crippen molar-refractivity contribution in [1.82, 2.24) is 14.8 Å². The molecule has 8 heteroatoms. The van der Waals surface area contributed by atoms with Crippen molar-refractivity contribution in [2.45, 2.75) is 45.1 Å². The lowest BCUT2D eigenvalue weighted by Crippen LogP contribution is -2.42. The van der Waals surface area contributed by atoms with E-state index in [1.54, 1.807) is 6.07 Å². The zero-order valence-electron chi connectivity index (χ0n) is 19.9. The van der Waals surface area contributed by atoms with Gasteiger partial charge < -0.3 is 9.80 Å². The number of hydrogen-bond donors (Lipinski definition) is 1. The molecule has 5 heterocycles. The number of thiazole rings is 1. The van der Waals surface area contributed by atoms with Gasteiger partial charge >= 0.3 is 6.03 Å². The molecular formula is C26H30N6OS. The van der Waals surface area contributed by atoms with Gasteiger partial charge in [0, 0.05) is 53.4 Å². The van der Waals surface area contributed by atoms with Crippen molar-refractivity contribution in [2.24, 2.45) is 10.9 Å². The maximum Gasteiger partial charge on any atom is 0.323 e. The first kappa shape index (κ1) is 22.8. The molecule has 0 spiro atoms. The van der Waals surface area contributed by atoms with Gasteiger partial charge in [-0.2, -0.15) is 5.26 Å². The van der Waals surface area contributed by atoms with Crippen molar-refractivity contribution in [1.29, 1.82) is 5.26 Å². The van der Waals surface area contributed by atoms with E-state index in [9.17, 15) is 10.1 Å². The van der Waals surface area contributed by atoms with Crippen molar-refractivity contribution in [3.05, 3.63) is 46.5 Å². The van der Waals surface area contributed by atoms with Crippen LogP contribution in [-0.4, -0.2) is 59.3 Å². The van der Waals surface area contributed by atoms with Gasteiger partial charge in [-0.05, 0) is 58.2 Å². The number of carbonyl (C=O) groups is 1. The SMILES string of the molecule is CC1=CC(c2sc(NC(=O)N3C[C@H]4CC[C@@H](C3)N(C)C4)nc2-c2cccc(C#N)c2)CC(C)=N1. The smallest absolute Gasteiger partial charge is 0.323 e. The van der Waals surface area contributed by atoms with Crippen molar-refractivity contribution >= 4 is 28.2 Å². The average Bonchev–Trinajstić information content (AvgIpc) is 3.02. The number of anilines is 1. The molecule has 1 aromatic heterocycles. The van der Waals surface area contributed by atoms with Gasteiger partial charge in [0.1, 0.15) is 0 Å². The van der Waals surface area contributed by atoms with E-state index in [-0.39, 0.29) is 11.9 Å². The summed E-state index contributed by atoms with van der Waals surface area (Å²) in [4.78, 5) is 28.2. The molecule has 0 radical (unpaired) electrons. The number of nitrogens with one attached hydrogen (secondary N) is 1. The molecule has 34 heavy (non-hydrogen) atoms. The zero-order valence-corrected chi connectivity index (χ0v) is 20.7. The fraction of sp³-hybridized carbons (Fsp3) is 0.462. The van der Waals surface area contributed by atoms with E-state index in [1.165, 1.54) is 17.8 Å². The summed E-state index contributed by atoms with van der Waals surface area (Å²) < 4.78 is 0. The Labute approximate surface area is 204 Å². The molecule has 4 aliphatic heterocycles. The molecule has 1 aromatic carbocycles. The Bertz CT molecular complexity index is 1210. The Morgan fingerprint density at radius 2 is 2.09 bits per heavy atom. The third-order valence-electron chi connectivity index (χ3n) is 7.07. The lowest BCUT2D eigenvalue weighted by molar-refractivity contribution is 0.166. The number of carbonyl (C=O) groups excluding carboxylic acids is 1. The number of benzene rings is 1. The van der Waals surface area contributed by atoms with Crippen LogP contribution in [0, 0.1) is 17.2 Å². The number of hydrogen-bond acceptors (Lipinski definition) is 6. The first-order valence-electron chi connectivity index (χ1n) is 11.9. The number of urea groups is 1. The number of amides is 2.